The molecule has 1 atom stereocenters. The Balaban J connectivity index is 2.46. The number of benzene rings is 1. The molecule has 0 aliphatic heterocycles. The number of nitrogens with one attached hydrogen (secondary N) is 1. The Hall–Kier alpha value is -0.490. The number of aliphatic hydroxyl groups is 2. The largest absolute Gasteiger partial charge is 0.394 e. The molecule has 5 heteroatoms. The molecule has 0 saturated heterocycles. The van der Waals surface area contributed by atoms with Gasteiger partial charge in [-0.25, -0.2) is 4.39 Å². The smallest absolute Gasteiger partial charge is 0.123 e. The highest BCUT2D eigenvalue weighted by atomic mass is 79.9. The van der Waals surface area contributed by atoms with Crippen LogP contribution in [0.3, 0.4) is 0 Å². The maximum Gasteiger partial charge on any atom is 0.123 e. The van der Waals surface area contributed by atoms with Crippen LogP contribution in [-0.4, -0.2) is 29.5 Å². The van der Waals surface area contributed by atoms with Gasteiger partial charge in [-0.2, -0.15) is 0 Å². The number of hydrogen-bond donors (Lipinski definition) is 3. The van der Waals surface area contributed by atoms with E-state index in [4.69, 9.17) is 10.2 Å². The molecule has 0 radical (unpaired) electrons. The number of aliphatic hydroxyl groups excluding tert-OH is 2. The van der Waals surface area contributed by atoms with Gasteiger partial charge in [0.15, 0.2) is 0 Å². The van der Waals surface area contributed by atoms with E-state index in [1.807, 2.05) is 0 Å². The minimum atomic E-state index is -0.780. The van der Waals surface area contributed by atoms with Crippen molar-refractivity contribution in [2.75, 3.05) is 13.2 Å². The lowest BCUT2D eigenvalue weighted by atomic mass is 10.2. The Labute approximate surface area is 96.1 Å². The lowest BCUT2D eigenvalue weighted by molar-refractivity contribution is 0.0942. The Bertz CT molecular complexity index is 322. The molecule has 0 aliphatic carbocycles. The summed E-state index contributed by atoms with van der Waals surface area (Å²) in [6.07, 6.45) is -0.780. The van der Waals surface area contributed by atoms with E-state index in [1.54, 1.807) is 6.07 Å². The fraction of sp³-hybridized carbons (Fsp3) is 0.400. The first-order chi connectivity index (χ1) is 7.13. The van der Waals surface area contributed by atoms with E-state index in [2.05, 4.69) is 21.2 Å². The molecule has 3 N–H and O–H groups in total. The SMILES string of the molecule is OC[C@H](O)CNCc1cc(F)ccc1Br. The molecular weight excluding hydrogens is 265 g/mol. The van der Waals surface area contributed by atoms with Gasteiger partial charge in [-0.3, -0.25) is 0 Å². The summed E-state index contributed by atoms with van der Waals surface area (Å²) in [5, 5.41) is 20.5. The van der Waals surface area contributed by atoms with Crippen LogP contribution in [0.1, 0.15) is 5.56 Å². The van der Waals surface area contributed by atoms with E-state index < -0.39 is 6.10 Å². The summed E-state index contributed by atoms with van der Waals surface area (Å²) in [4.78, 5) is 0. The maximum absolute atomic E-state index is 12.9. The van der Waals surface area contributed by atoms with E-state index in [0.29, 0.717) is 6.54 Å². The molecular formula is C10H13BrFNO2. The first-order valence-electron chi connectivity index (χ1n) is 4.57. The highest BCUT2D eigenvalue weighted by Gasteiger charge is 2.04. The van der Waals surface area contributed by atoms with Gasteiger partial charge in [0, 0.05) is 17.6 Å². The van der Waals surface area contributed by atoms with E-state index in [0.717, 1.165) is 10.0 Å². The van der Waals surface area contributed by atoms with Crippen LogP contribution in [0.2, 0.25) is 0 Å². The Kier molecular flexibility index (Phi) is 5.17. The summed E-state index contributed by atoms with van der Waals surface area (Å²) >= 11 is 3.30. The third kappa shape index (κ3) is 4.25. The van der Waals surface area contributed by atoms with Gasteiger partial charge in [-0.1, -0.05) is 15.9 Å². The topological polar surface area (TPSA) is 52.5 Å². The van der Waals surface area contributed by atoms with Crippen LogP contribution in [0, 0.1) is 5.82 Å². The van der Waals surface area contributed by atoms with Crippen LogP contribution in [0.5, 0.6) is 0 Å². The van der Waals surface area contributed by atoms with E-state index in [-0.39, 0.29) is 19.0 Å². The fourth-order valence-corrected chi connectivity index (χ4v) is 1.50. The van der Waals surface area contributed by atoms with Crippen LogP contribution in [0.15, 0.2) is 22.7 Å². The summed E-state index contributed by atoms with van der Waals surface area (Å²) < 4.78 is 13.7. The molecule has 0 aromatic heterocycles. The van der Waals surface area contributed by atoms with Crippen LogP contribution in [0.25, 0.3) is 0 Å². The first kappa shape index (κ1) is 12.6. The summed E-state index contributed by atoms with van der Waals surface area (Å²) in [7, 11) is 0. The normalized spacial score (nSPS) is 12.8. The Morgan fingerprint density at radius 2 is 2.20 bits per heavy atom. The van der Waals surface area contributed by atoms with Crippen molar-refractivity contribution in [2.24, 2.45) is 0 Å². The number of halogens is 2. The lowest BCUT2D eigenvalue weighted by Gasteiger charge is -2.10. The quantitative estimate of drug-likeness (QED) is 0.754. The Morgan fingerprint density at radius 3 is 2.87 bits per heavy atom. The first-order valence-corrected chi connectivity index (χ1v) is 5.36. The molecule has 0 amide bonds. The van der Waals surface area contributed by atoms with Gasteiger partial charge >= 0.3 is 0 Å². The second-order valence-electron chi connectivity index (χ2n) is 3.20. The van der Waals surface area contributed by atoms with Crippen molar-refractivity contribution in [1.29, 1.82) is 0 Å². The lowest BCUT2D eigenvalue weighted by Crippen LogP contribution is -2.29. The molecule has 1 aromatic rings. The minimum absolute atomic E-state index is 0.277. The highest BCUT2D eigenvalue weighted by molar-refractivity contribution is 9.10. The third-order valence-corrected chi connectivity index (χ3v) is 2.69. The monoisotopic (exact) mass is 277 g/mol. The second kappa shape index (κ2) is 6.17. The van der Waals surface area contributed by atoms with Crippen molar-refractivity contribution in [2.45, 2.75) is 12.6 Å². The number of rotatable bonds is 5. The van der Waals surface area contributed by atoms with Crippen molar-refractivity contribution in [3.63, 3.8) is 0 Å². The average Bonchev–Trinajstić information content (AvgIpc) is 2.23. The molecule has 0 fully saturated rings. The molecule has 0 unspecified atom stereocenters. The van der Waals surface area contributed by atoms with Crippen molar-refractivity contribution >= 4 is 15.9 Å². The minimum Gasteiger partial charge on any atom is -0.394 e. The van der Waals surface area contributed by atoms with Gasteiger partial charge in [0.05, 0.1) is 12.7 Å². The number of hydrogen-bond acceptors (Lipinski definition) is 3. The predicted octanol–water partition coefficient (Wildman–Crippen LogP) is 1.03. The van der Waals surface area contributed by atoms with E-state index in [1.165, 1.54) is 12.1 Å². The highest BCUT2D eigenvalue weighted by Crippen LogP contribution is 2.17. The molecule has 0 aliphatic rings. The van der Waals surface area contributed by atoms with Crippen LogP contribution >= 0.6 is 15.9 Å². The van der Waals surface area contributed by atoms with Crippen molar-refractivity contribution in [3.05, 3.63) is 34.1 Å². The average molecular weight is 278 g/mol. The van der Waals surface area contributed by atoms with E-state index in [9.17, 15) is 4.39 Å². The summed E-state index contributed by atoms with van der Waals surface area (Å²) in [5.74, 6) is -0.294. The molecule has 1 aromatic carbocycles. The van der Waals surface area contributed by atoms with Crippen LogP contribution < -0.4 is 5.32 Å². The van der Waals surface area contributed by atoms with Crippen molar-refractivity contribution < 1.29 is 14.6 Å². The second-order valence-corrected chi connectivity index (χ2v) is 4.06. The van der Waals surface area contributed by atoms with Crippen molar-refractivity contribution in [3.8, 4) is 0 Å². The molecule has 3 nitrogen and oxygen atoms in total. The zero-order valence-electron chi connectivity index (χ0n) is 8.08. The van der Waals surface area contributed by atoms with Gasteiger partial charge in [0.1, 0.15) is 5.82 Å². The van der Waals surface area contributed by atoms with Crippen molar-refractivity contribution in [1.82, 2.24) is 5.32 Å². The molecule has 0 saturated carbocycles. The summed E-state index contributed by atoms with van der Waals surface area (Å²) in [6, 6.07) is 4.42. The molecule has 0 bridgehead atoms. The van der Waals surface area contributed by atoms with Gasteiger partial charge in [0.2, 0.25) is 0 Å². The van der Waals surface area contributed by atoms with Gasteiger partial charge in [-0.05, 0) is 23.8 Å². The maximum atomic E-state index is 12.9. The standard InChI is InChI=1S/C10H13BrFNO2/c11-10-2-1-8(12)3-7(10)4-13-5-9(15)6-14/h1-3,9,13-15H,4-6H2/t9-/m1/s1. The Morgan fingerprint density at radius 1 is 1.47 bits per heavy atom. The van der Waals surface area contributed by atoms with E-state index >= 15 is 0 Å². The fourth-order valence-electron chi connectivity index (χ4n) is 1.12. The molecule has 0 heterocycles. The summed E-state index contributed by atoms with van der Waals surface area (Å²) in [6.45, 7) is 0.437. The molecule has 1 rings (SSSR count). The molecule has 0 spiro atoms. The zero-order chi connectivity index (χ0) is 11.3. The van der Waals surface area contributed by atoms with Gasteiger partial charge < -0.3 is 15.5 Å². The molecule has 15 heavy (non-hydrogen) atoms. The van der Waals surface area contributed by atoms with Gasteiger partial charge in [0.25, 0.3) is 0 Å². The van der Waals surface area contributed by atoms with Gasteiger partial charge in [-0.15, -0.1) is 0 Å². The van der Waals surface area contributed by atoms with Crippen LogP contribution in [0.4, 0.5) is 4.39 Å². The predicted molar refractivity (Wildman–Crippen MR) is 58.9 cm³/mol. The summed E-state index contributed by atoms with van der Waals surface area (Å²) in [5.41, 5.74) is 0.778. The zero-order valence-corrected chi connectivity index (χ0v) is 9.67. The molecule has 84 valence electrons. The van der Waals surface area contributed by atoms with Crippen LogP contribution in [-0.2, 0) is 6.54 Å². The third-order valence-electron chi connectivity index (χ3n) is 1.91.